The average molecular weight is 500 g/mol. The van der Waals surface area contributed by atoms with E-state index in [1.54, 1.807) is 12.0 Å². The molecule has 0 unspecified atom stereocenters. The number of hydrogen-bond donors (Lipinski definition) is 2. The highest BCUT2D eigenvalue weighted by molar-refractivity contribution is 14.0. The van der Waals surface area contributed by atoms with E-state index in [1.807, 2.05) is 29.5 Å². The Morgan fingerprint density at radius 3 is 3.00 bits per heavy atom. The monoisotopic (exact) mass is 500 g/mol. The van der Waals surface area contributed by atoms with Crippen molar-refractivity contribution in [1.29, 1.82) is 0 Å². The van der Waals surface area contributed by atoms with Gasteiger partial charge in [0.15, 0.2) is 5.96 Å². The molecule has 27 heavy (non-hydrogen) atoms. The van der Waals surface area contributed by atoms with Crippen LogP contribution in [0.15, 0.2) is 40.7 Å². The third kappa shape index (κ3) is 6.65. The number of ether oxygens (including phenoxy) is 1. The molecule has 148 valence electrons. The van der Waals surface area contributed by atoms with Gasteiger partial charge >= 0.3 is 0 Å². The summed E-state index contributed by atoms with van der Waals surface area (Å²) >= 11 is 1.89. The highest BCUT2D eigenvalue weighted by atomic mass is 127. The predicted octanol–water partition coefficient (Wildman–Crippen LogP) is 3.49. The van der Waals surface area contributed by atoms with E-state index in [2.05, 4.69) is 40.0 Å². The van der Waals surface area contributed by atoms with E-state index >= 15 is 0 Å². The molecule has 0 saturated heterocycles. The van der Waals surface area contributed by atoms with Crippen molar-refractivity contribution < 1.29 is 4.74 Å². The van der Waals surface area contributed by atoms with E-state index in [1.165, 1.54) is 12.0 Å². The molecular weight excluding hydrogens is 471 g/mol. The molecule has 0 atom stereocenters. The zero-order valence-corrected chi connectivity index (χ0v) is 19.2. The molecular formula is C20H29IN4OS. The molecule has 1 aliphatic rings. The summed E-state index contributed by atoms with van der Waals surface area (Å²) in [7, 11) is 1.69. The van der Waals surface area contributed by atoms with Crippen LogP contribution >= 0.6 is 35.3 Å². The Morgan fingerprint density at radius 2 is 2.19 bits per heavy atom. The van der Waals surface area contributed by atoms with Crippen LogP contribution in [0.1, 0.15) is 22.9 Å². The molecule has 0 saturated carbocycles. The summed E-state index contributed by atoms with van der Waals surface area (Å²) in [5.74, 6) is 1.73. The van der Waals surface area contributed by atoms with Crippen molar-refractivity contribution in [2.45, 2.75) is 26.4 Å². The summed E-state index contributed by atoms with van der Waals surface area (Å²) in [5.41, 5.74) is 2.64. The van der Waals surface area contributed by atoms with Gasteiger partial charge < -0.3 is 15.4 Å². The van der Waals surface area contributed by atoms with Crippen LogP contribution in [0.5, 0.6) is 5.75 Å². The number of nitrogens with zero attached hydrogens (tertiary/aromatic N) is 2. The van der Waals surface area contributed by atoms with Crippen LogP contribution in [0.3, 0.4) is 0 Å². The molecule has 1 aromatic carbocycles. The standard InChI is InChI=1S/C20H28N4OS.HI/c1-3-21-20(23-14-16-5-4-6-18(13-16)25-2)22-9-11-24-10-7-19-17(15-24)8-12-26-19;/h4-6,8,12-13H,3,7,9-11,14-15H2,1-2H3,(H2,21,22,23);1H. The summed E-state index contributed by atoms with van der Waals surface area (Å²) in [6, 6.07) is 10.3. The number of halogens is 1. The van der Waals surface area contributed by atoms with E-state index in [4.69, 9.17) is 9.73 Å². The molecule has 0 bridgehead atoms. The Hall–Kier alpha value is -1.32. The molecule has 7 heteroatoms. The molecule has 0 amide bonds. The Bertz CT molecular complexity index is 734. The summed E-state index contributed by atoms with van der Waals surface area (Å²) in [4.78, 5) is 8.76. The van der Waals surface area contributed by atoms with E-state index < -0.39 is 0 Å². The molecule has 1 aliphatic heterocycles. The number of benzene rings is 1. The molecule has 0 fully saturated rings. The highest BCUT2D eigenvalue weighted by Gasteiger charge is 2.16. The van der Waals surface area contributed by atoms with Crippen LogP contribution in [-0.4, -0.2) is 44.1 Å². The number of methoxy groups -OCH3 is 1. The lowest BCUT2D eigenvalue weighted by Crippen LogP contribution is -2.42. The summed E-state index contributed by atoms with van der Waals surface area (Å²) in [6.45, 7) is 7.71. The first-order valence-electron chi connectivity index (χ1n) is 9.21. The molecule has 2 heterocycles. The van der Waals surface area contributed by atoms with Gasteiger partial charge in [0.05, 0.1) is 13.7 Å². The molecule has 1 aromatic heterocycles. The van der Waals surface area contributed by atoms with Gasteiger partial charge in [-0.3, -0.25) is 4.90 Å². The number of fused-ring (bicyclic) bond motifs is 1. The van der Waals surface area contributed by atoms with Gasteiger partial charge in [0.1, 0.15) is 5.75 Å². The maximum atomic E-state index is 5.28. The van der Waals surface area contributed by atoms with E-state index in [9.17, 15) is 0 Å². The van der Waals surface area contributed by atoms with Crippen LogP contribution in [-0.2, 0) is 19.5 Å². The normalized spacial score (nSPS) is 14.2. The van der Waals surface area contributed by atoms with Gasteiger partial charge in [0.2, 0.25) is 0 Å². The van der Waals surface area contributed by atoms with Crippen LogP contribution in [0.25, 0.3) is 0 Å². The largest absolute Gasteiger partial charge is 0.497 e. The van der Waals surface area contributed by atoms with Crippen molar-refractivity contribution >= 4 is 41.3 Å². The minimum atomic E-state index is 0. The van der Waals surface area contributed by atoms with Crippen molar-refractivity contribution in [2.75, 3.05) is 33.3 Å². The minimum absolute atomic E-state index is 0. The van der Waals surface area contributed by atoms with Crippen LogP contribution < -0.4 is 15.4 Å². The SMILES string of the molecule is CCNC(=NCc1cccc(OC)c1)NCCN1CCc2sccc2C1.I. The van der Waals surface area contributed by atoms with Gasteiger partial charge in [-0.1, -0.05) is 12.1 Å². The van der Waals surface area contributed by atoms with Gasteiger partial charge in [-0.05, 0) is 48.1 Å². The first-order valence-corrected chi connectivity index (χ1v) is 10.1. The molecule has 2 aromatic rings. The highest BCUT2D eigenvalue weighted by Crippen LogP contribution is 2.23. The zero-order valence-electron chi connectivity index (χ0n) is 16.0. The fraction of sp³-hybridized carbons (Fsp3) is 0.450. The van der Waals surface area contributed by atoms with Crippen molar-refractivity contribution in [3.05, 3.63) is 51.7 Å². The van der Waals surface area contributed by atoms with Crippen molar-refractivity contribution in [3.63, 3.8) is 0 Å². The van der Waals surface area contributed by atoms with Gasteiger partial charge in [-0.2, -0.15) is 0 Å². The van der Waals surface area contributed by atoms with E-state index in [-0.39, 0.29) is 24.0 Å². The second-order valence-electron chi connectivity index (χ2n) is 6.37. The van der Waals surface area contributed by atoms with Crippen molar-refractivity contribution in [2.24, 2.45) is 4.99 Å². The van der Waals surface area contributed by atoms with Gasteiger partial charge in [-0.25, -0.2) is 4.99 Å². The first kappa shape index (κ1) is 22.0. The fourth-order valence-electron chi connectivity index (χ4n) is 3.11. The Labute approximate surface area is 183 Å². The fourth-order valence-corrected chi connectivity index (χ4v) is 4.00. The Kier molecular flexibility index (Phi) is 9.36. The molecule has 3 rings (SSSR count). The van der Waals surface area contributed by atoms with E-state index in [0.717, 1.165) is 50.0 Å². The number of guanidine groups is 1. The minimum Gasteiger partial charge on any atom is -0.497 e. The molecule has 0 radical (unpaired) electrons. The van der Waals surface area contributed by atoms with Gasteiger partial charge in [0, 0.05) is 37.6 Å². The summed E-state index contributed by atoms with van der Waals surface area (Å²) in [6.07, 6.45) is 1.18. The summed E-state index contributed by atoms with van der Waals surface area (Å²) < 4.78 is 5.28. The lowest BCUT2D eigenvalue weighted by Gasteiger charge is -2.27. The molecule has 0 spiro atoms. The van der Waals surface area contributed by atoms with Gasteiger partial charge in [-0.15, -0.1) is 35.3 Å². The van der Waals surface area contributed by atoms with Crippen LogP contribution in [0, 0.1) is 0 Å². The summed E-state index contributed by atoms with van der Waals surface area (Å²) in [5, 5.41) is 8.98. The molecule has 5 nitrogen and oxygen atoms in total. The second kappa shape index (κ2) is 11.5. The first-order chi connectivity index (χ1) is 12.8. The Morgan fingerprint density at radius 1 is 1.30 bits per heavy atom. The molecule has 2 N–H and O–H groups in total. The lowest BCUT2D eigenvalue weighted by atomic mass is 10.1. The number of aliphatic imine (C=N–C) groups is 1. The van der Waals surface area contributed by atoms with Crippen LogP contribution in [0.4, 0.5) is 0 Å². The zero-order chi connectivity index (χ0) is 18.2. The smallest absolute Gasteiger partial charge is 0.191 e. The lowest BCUT2D eigenvalue weighted by molar-refractivity contribution is 0.260. The van der Waals surface area contributed by atoms with Crippen molar-refractivity contribution in [3.8, 4) is 5.75 Å². The maximum absolute atomic E-state index is 5.28. The average Bonchev–Trinajstić information content (AvgIpc) is 3.14. The Balaban J connectivity index is 0.00000261. The van der Waals surface area contributed by atoms with Crippen LogP contribution in [0.2, 0.25) is 0 Å². The predicted molar refractivity (Wildman–Crippen MR) is 125 cm³/mol. The third-order valence-corrected chi connectivity index (χ3v) is 5.53. The number of nitrogens with one attached hydrogen (secondary N) is 2. The quantitative estimate of drug-likeness (QED) is 0.347. The maximum Gasteiger partial charge on any atom is 0.191 e. The van der Waals surface area contributed by atoms with Gasteiger partial charge in [0.25, 0.3) is 0 Å². The van der Waals surface area contributed by atoms with Crippen molar-refractivity contribution in [1.82, 2.24) is 15.5 Å². The number of thiophene rings is 1. The number of hydrogen-bond acceptors (Lipinski definition) is 4. The third-order valence-electron chi connectivity index (χ3n) is 4.51. The second-order valence-corrected chi connectivity index (χ2v) is 7.37. The topological polar surface area (TPSA) is 48.9 Å². The molecule has 0 aliphatic carbocycles. The number of rotatable bonds is 7. The van der Waals surface area contributed by atoms with E-state index in [0.29, 0.717) is 6.54 Å².